The molecule has 2 aromatic rings. The summed E-state index contributed by atoms with van der Waals surface area (Å²) in [6.07, 6.45) is 0.790. The summed E-state index contributed by atoms with van der Waals surface area (Å²) in [6.45, 7) is 2.75. The number of fused-ring (bicyclic) bond motifs is 1. The van der Waals surface area contributed by atoms with Gasteiger partial charge in [0.05, 0.1) is 5.56 Å². The van der Waals surface area contributed by atoms with Crippen LogP contribution in [0.3, 0.4) is 0 Å². The SMILES string of the molecule is N#Cc1c(NC(=O)Nc2cccc(N3CCNC3=O)c2)sc2c1CCNC2. The van der Waals surface area contributed by atoms with Gasteiger partial charge in [0.2, 0.25) is 0 Å². The average molecular weight is 382 g/mol. The van der Waals surface area contributed by atoms with Gasteiger partial charge in [-0.2, -0.15) is 5.26 Å². The molecule has 0 radical (unpaired) electrons. The molecule has 1 fully saturated rings. The van der Waals surface area contributed by atoms with Gasteiger partial charge in [-0.05, 0) is 36.7 Å². The van der Waals surface area contributed by atoms with Crippen molar-refractivity contribution >= 4 is 39.8 Å². The Kier molecular flexibility index (Phi) is 4.66. The van der Waals surface area contributed by atoms with E-state index in [2.05, 4.69) is 27.3 Å². The van der Waals surface area contributed by atoms with E-state index in [-0.39, 0.29) is 6.03 Å². The van der Waals surface area contributed by atoms with Crippen LogP contribution < -0.4 is 26.2 Å². The van der Waals surface area contributed by atoms with Crippen LogP contribution in [0.25, 0.3) is 0 Å². The highest BCUT2D eigenvalue weighted by molar-refractivity contribution is 7.16. The van der Waals surface area contributed by atoms with E-state index in [0.29, 0.717) is 29.3 Å². The van der Waals surface area contributed by atoms with Crippen LogP contribution >= 0.6 is 11.3 Å². The zero-order chi connectivity index (χ0) is 18.8. The predicted molar refractivity (Wildman–Crippen MR) is 104 cm³/mol. The molecule has 8 nitrogen and oxygen atoms in total. The summed E-state index contributed by atoms with van der Waals surface area (Å²) in [5, 5.41) is 21.6. The van der Waals surface area contributed by atoms with Crippen molar-refractivity contribution in [2.75, 3.05) is 35.2 Å². The fourth-order valence-electron chi connectivity index (χ4n) is 3.28. The number of benzene rings is 1. The first-order chi connectivity index (χ1) is 13.2. The number of hydrogen-bond acceptors (Lipinski definition) is 5. The molecule has 2 aliphatic heterocycles. The maximum atomic E-state index is 12.4. The van der Waals surface area contributed by atoms with Crippen LogP contribution in [0.2, 0.25) is 0 Å². The van der Waals surface area contributed by atoms with Gasteiger partial charge in [0, 0.05) is 35.9 Å². The summed E-state index contributed by atoms with van der Waals surface area (Å²) in [5.41, 5.74) is 2.87. The van der Waals surface area contributed by atoms with E-state index in [1.54, 1.807) is 23.1 Å². The Hall–Kier alpha value is -3.09. The Labute approximate surface area is 160 Å². The molecule has 0 unspecified atom stereocenters. The van der Waals surface area contributed by atoms with Crippen LogP contribution in [0.4, 0.5) is 26.0 Å². The number of amides is 4. The summed E-state index contributed by atoms with van der Waals surface area (Å²) in [7, 11) is 0. The quantitative estimate of drug-likeness (QED) is 0.654. The standard InChI is InChI=1S/C18H18N6O2S/c19-9-14-13-4-5-20-10-15(13)27-16(14)23-17(25)22-11-2-1-3-12(8-11)24-7-6-21-18(24)26/h1-3,8,20H,4-7,10H2,(H,21,26)(H2,22,23,25). The van der Waals surface area contributed by atoms with E-state index >= 15 is 0 Å². The average Bonchev–Trinajstić information content (AvgIpc) is 3.24. The van der Waals surface area contributed by atoms with Gasteiger partial charge in [-0.3, -0.25) is 10.2 Å². The number of anilines is 3. The normalized spacial score (nSPS) is 15.7. The third kappa shape index (κ3) is 3.45. The molecule has 9 heteroatoms. The maximum Gasteiger partial charge on any atom is 0.324 e. The summed E-state index contributed by atoms with van der Waals surface area (Å²) in [6, 6.07) is 8.76. The van der Waals surface area contributed by atoms with E-state index in [9.17, 15) is 14.9 Å². The lowest BCUT2D eigenvalue weighted by molar-refractivity contribution is 0.252. The third-order valence-electron chi connectivity index (χ3n) is 4.54. The highest BCUT2D eigenvalue weighted by atomic mass is 32.1. The van der Waals surface area contributed by atoms with Crippen LogP contribution in [0.5, 0.6) is 0 Å². The second-order valence-electron chi connectivity index (χ2n) is 6.26. The lowest BCUT2D eigenvalue weighted by atomic mass is 10.1. The molecule has 0 atom stereocenters. The molecular weight excluding hydrogens is 364 g/mol. The van der Waals surface area contributed by atoms with Crippen molar-refractivity contribution in [3.05, 3.63) is 40.3 Å². The Bertz CT molecular complexity index is 948. The molecule has 0 spiro atoms. The van der Waals surface area contributed by atoms with Crippen molar-refractivity contribution in [2.24, 2.45) is 0 Å². The minimum Gasteiger partial charge on any atom is -0.336 e. The van der Waals surface area contributed by atoms with Crippen molar-refractivity contribution < 1.29 is 9.59 Å². The first kappa shape index (κ1) is 17.3. The number of nitriles is 1. The first-order valence-electron chi connectivity index (χ1n) is 8.64. The van der Waals surface area contributed by atoms with Crippen LogP contribution in [-0.2, 0) is 13.0 Å². The second-order valence-corrected chi connectivity index (χ2v) is 7.36. The molecule has 0 saturated carbocycles. The zero-order valence-electron chi connectivity index (χ0n) is 14.5. The smallest absolute Gasteiger partial charge is 0.324 e. The largest absolute Gasteiger partial charge is 0.336 e. The molecule has 1 aromatic heterocycles. The van der Waals surface area contributed by atoms with Gasteiger partial charge in [-0.15, -0.1) is 11.3 Å². The van der Waals surface area contributed by atoms with Crippen LogP contribution in [-0.4, -0.2) is 31.7 Å². The highest BCUT2D eigenvalue weighted by Gasteiger charge is 2.23. The number of carbonyl (C=O) groups excluding carboxylic acids is 2. The minimum absolute atomic E-state index is 0.145. The fourth-order valence-corrected chi connectivity index (χ4v) is 4.44. The zero-order valence-corrected chi connectivity index (χ0v) is 15.3. The molecule has 1 aromatic carbocycles. The maximum absolute atomic E-state index is 12.4. The lowest BCUT2D eigenvalue weighted by Gasteiger charge is -2.15. The van der Waals surface area contributed by atoms with Crippen LogP contribution in [0.1, 0.15) is 16.0 Å². The molecule has 1 saturated heterocycles. The van der Waals surface area contributed by atoms with Gasteiger partial charge in [-0.1, -0.05) is 6.07 Å². The van der Waals surface area contributed by atoms with Crippen molar-refractivity contribution in [3.8, 4) is 6.07 Å². The van der Waals surface area contributed by atoms with Gasteiger partial charge < -0.3 is 16.0 Å². The van der Waals surface area contributed by atoms with E-state index < -0.39 is 6.03 Å². The summed E-state index contributed by atoms with van der Waals surface area (Å²) in [5.74, 6) is 0. The number of thiophene rings is 1. The first-order valence-corrected chi connectivity index (χ1v) is 9.46. The summed E-state index contributed by atoms with van der Waals surface area (Å²) < 4.78 is 0. The van der Waals surface area contributed by atoms with Crippen molar-refractivity contribution in [2.45, 2.75) is 13.0 Å². The van der Waals surface area contributed by atoms with E-state index in [1.807, 2.05) is 6.07 Å². The molecule has 3 heterocycles. The van der Waals surface area contributed by atoms with Crippen LogP contribution in [0.15, 0.2) is 24.3 Å². The van der Waals surface area contributed by atoms with E-state index in [0.717, 1.165) is 35.6 Å². The molecule has 27 heavy (non-hydrogen) atoms. The molecule has 4 rings (SSSR count). The van der Waals surface area contributed by atoms with Crippen molar-refractivity contribution in [3.63, 3.8) is 0 Å². The number of urea groups is 2. The number of nitrogens with zero attached hydrogens (tertiary/aromatic N) is 2. The van der Waals surface area contributed by atoms with Gasteiger partial charge in [0.15, 0.2) is 0 Å². The Morgan fingerprint density at radius 2 is 2.19 bits per heavy atom. The fraction of sp³-hybridized carbons (Fsp3) is 0.278. The van der Waals surface area contributed by atoms with Crippen LogP contribution in [0, 0.1) is 11.3 Å². The lowest BCUT2D eigenvalue weighted by Crippen LogP contribution is -2.27. The molecule has 2 aliphatic rings. The Morgan fingerprint density at radius 3 is 2.96 bits per heavy atom. The number of carbonyl (C=O) groups is 2. The van der Waals surface area contributed by atoms with E-state index in [1.165, 1.54) is 11.3 Å². The number of hydrogen-bond donors (Lipinski definition) is 4. The second kappa shape index (κ2) is 7.26. The van der Waals surface area contributed by atoms with Gasteiger partial charge in [0.1, 0.15) is 11.1 Å². The van der Waals surface area contributed by atoms with E-state index in [4.69, 9.17) is 0 Å². The third-order valence-corrected chi connectivity index (χ3v) is 5.69. The molecule has 0 aliphatic carbocycles. The predicted octanol–water partition coefficient (Wildman–Crippen LogP) is 2.44. The number of nitrogens with one attached hydrogen (secondary N) is 4. The summed E-state index contributed by atoms with van der Waals surface area (Å²) in [4.78, 5) is 26.9. The molecule has 138 valence electrons. The van der Waals surface area contributed by atoms with Gasteiger partial charge in [-0.25, -0.2) is 9.59 Å². The van der Waals surface area contributed by atoms with Crippen molar-refractivity contribution in [1.29, 1.82) is 5.26 Å². The Morgan fingerprint density at radius 1 is 1.30 bits per heavy atom. The molecular formula is C18H18N6O2S. The minimum atomic E-state index is -0.416. The monoisotopic (exact) mass is 382 g/mol. The number of rotatable bonds is 3. The van der Waals surface area contributed by atoms with Gasteiger partial charge >= 0.3 is 12.1 Å². The molecule has 0 bridgehead atoms. The highest BCUT2D eigenvalue weighted by Crippen LogP contribution is 2.34. The van der Waals surface area contributed by atoms with Gasteiger partial charge in [0.25, 0.3) is 0 Å². The summed E-state index contributed by atoms with van der Waals surface area (Å²) >= 11 is 1.43. The molecule has 4 N–H and O–H groups in total. The topological polar surface area (TPSA) is 109 Å². The Balaban J connectivity index is 1.48. The molecule has 4 amide bonds. The van der Waals surface area contributed by atoms with Crippen molar-refractivity contribution in [1.82, 2.24) is 10.6 Å².